The Kier molecular flexibility index (Phi) is 2.91. The van der Waals surface area contributed by atoms with Gasteiger partial charge in [0.25, 0.3) is 5.78 Å². The molecule has 2 atom stereocenters. The molecule has 27 heavy (non-hydrogen) atoms. The van der Waals surface area contributed by atoms with Crippen LogP contribution in [0.3, 0.4) is 0 Å². The average molecular weight is 359 g/mol. The summed E-state index contributed by atoms with van der Waals surface area (Å²) < 4.78 is 0. The smallest absolute Gasteiger partial charge is 0.252 e. The molecule has 6 heteroatoms. The normalized spacial score (nSPS) is 25.8. The number of carbonyl (C=O) groups excluding carboxylic acids is 4. The predicted molar refractivity (Wildman–Crippen MR) is 93.9 cm³/mol. The zero-order chi connectivity index (χ0) is 19.0. The van der Waals surface area contributed by atoms with Crippen molar-refractivity contribution in [3.8, 4) is 0 Å². The first-order valence-electron chi connectivity index (χ1n) is 8.51. The third-order valence-corrected chi connectivity index (χ3v) is 5.69. The lowest BCUT2D eigenvalue weighted by molar-refractivity contribution is -0.133. The topological polar surface area (TPSA) is 101 Å². The van der Waals surface area contributed by atoms with Gasteiger partial charge in [0, 0.05) is 41.2 Å². The van der Waals surface area contributed by atoms with Gasteiger partial charge in [-0.15, -0.1) is 0 Å². The summed E-state index contributed by atoms with van der Waals surface area (Å²) in [5, 5.41) is 13.4. The van der Waals surface area contributed by atoms with Gasteiger partial charge in [-0.3, -0.25) is 19.2 Å². The minimum Gasteiger partial charge on any atom is -0.505 e. The van der Waals surface area contributed by atoms with Gasteiger partial charge in [-0.25, -0.2) is 0 Å². The van der Waals surface area contributed by atoms with Gasteiger partial charge in [-0.05, 0) is 23.3 Å². The van der Waals surface area contributed by atoms with E-state index < -0.39 is 23.4 Å². The van der Waals surface area contributed by atoms with E-state index >= 15 is 0 Å². The summed E-state index contributed by atoms with van der Waals surface area (Å²) in [4.78, 5) is 50.7. The highest BCUT2D eigenvalue weighted by atomic mass is 16.3. The minimum absolute atomic E-state index is 0.107. The van der Waals surface area contributed by atoms with Crippen LogP contribution >= 0.6 is 0 Å². The highest BCUT2D eigenvalue weighted by Gasteiger charge is 2.54. The number of benzene rings is 1. The number of rotatable bonds is 1. The van der Waals surface area contributed by atoms with Crippen LogP contribution in [0.4, 0.5) is 0 Å². The summed E-state index contributed by atoms with van der Waals surface area (Å²) >= 11 is 0. The first-order valence-corrected chi connectivity index (χ1v) is 8.51. The standard InChI is InChI=1S/C21H13NO5/c1-22-18-19(25)16-12-8-4-2-3-5-9(8)13(17(16)20(26)21(18)27)15-11(24)7-6-10(23)14(12)15/h2-7,12-13,22,25H,1H3. The quantitative estimate of drug-likeness (QED) is 0.446. The monoisotopic (exact) mass is 359 g/mol. The third-order valence-electron chi connectivity index (χ3n) is 5.69. The fourth-order valence-corrected chi connectivity index (χ4v) is 4.68. The van der Waals surface area contributed by atoms with Gasteiger partial charge in [0.1, 0.15) is 11.5 Å². The van der Waals surface area contributed by atoms with Crippen LogP contribution < -0.4 is 5.32 Å². The molecule has 0 amide bonds. The van der Waals surface area contributed by atoms with Crippen molar-refractivity contribution in [2.45, 2.75) is 11.8 Å². The molecule has 0 heterocycles. The second kappa shape index (κ2) is 5.01. The van der Waals surface area contributed by atoms with Crippen molar-refractivity contribution in [1.29, 1.82) is 0 Å². The molecule has 2 N–H and O–H groups in total. The van der Waals surface area contributed by atoms with Crippen LogP contribution in [0.15, 0.2) is 70.2 Å². The zero-order valence-corrected chi connectivity index (χ0v) is 14.2. The second-order valence-electron chi connectivity index (χ2n) is 6.84. The van der Waals surface area contributed by atoms with E-state index in [9.17, 15) is 24.3 Å². The maximum absolute atomic E-state index is 12.9. The summed E-state index contributed by atoms with van der Waals surface area (Å²) in [5.41, 5.74) is 2.19. The Morgan fingerprint density at radius 1 is 0.778 bits per heavy atom. The third kappa shape index (κ3) is 1.70. The fraction of sp³-hybridized carbons (Fsp3) is 0.143. The lowest BCUT2D eigenvalue weighted by Gasteiger charge is -2.44. The molecule has 2 bridgehead atoms. The summed E-state index contributed by atoms with van der Waals surface area (Å²) in [6.45, 7) is 0. The maximum atomic E-state index is 12.9. The Bertz CT molecular complexity index is 1140. The lowest BCUT2D eigenvalue weighted by Crippen LogP contribution is -2.43. The predicted octanol–water partition coefficient (Wildman–Crippen LogP) is 1.32. The number of carbonyl (C=O) groups is 4. The van der Waals surface area contributed by atoms with Crippen LogP contribution in [-0.2, 0) is 19.2 Å². The van der Waals surface area contributed by atoms with Gasteiger partial charge in [0.2, 0.25) is 5.78 Å². The lowest BCUT2D eigenvalue weighted by atomic mass is 9.56. The van der Waals surface area contributed by atoms with E-state index in [0.717, 1.165) is 11.1 Å². The van der Waals surface area contributed by atoms with Crippen molar-refractivity contribution in [2.24, 2.45) is 0 Å². The van der Waals surface area contributed by atoms with Crippen LogP contribution in [-0.4, -0.2) is 35.3 Å². The molecule has 0 radical (unpaired) electrons. The van der Waals surface area contributed by atoms with Crippen LogP contribution in [0, 0.1) is 0 Å². The Labute approximate surface area is 153 Å². The van der Waals surface area contributed by atoms with Gasteiger partial charge in [0.15, 0.2) is 11.6 Å². The molecular formula is C21H13NO5. The fourth-order valence-electron chi connectivity index (χ4n) is 4.68. The molecule has 1 aromatic carbocycles. The van der Waals surface area contributed by atoms with Gasteiger partial charge in [-0.2, -0.15) is 0 Å². The summed E-state index contributed by atoms with van der Waals surface area (Å²) in [6, 6.07) is 7.21. The average Bonchev–Trinajstić information content (AvgIpc) is 2.68. The second-order valence-corrected chi connectivity index (χ2v) is 6.84. The van der Waals surface area contributed by atoms with Crippen molar-refractivity contribution in [3.05, 3.63) is 81.3 Å². The molecule has 0 aliphatic heterocycles. The maximum Gasteiger partial charge on any atom is 0.252 e. The highest BCUT2D eigenvalue weighted by Crippen LogP contribution is 2.59. The number of aliphatic hydroxyl groups is 1. The van der Waals surface area contributed by atoms with Crippen LogP contribution in [0.1, 0.15) is 23.0 Å². The van der Waals surface area contributed by atoms with E-state index in [2.05, 4.69) is 5.32 Å². The molecule has 0 aromatic heterocycles. The van der Waals surface area contributed by atoms with Gasteiger partial charge >= 0.3 is 0 Å². The number of likely N-dealkylation sites (N-methyl/N-ethyl adjacent to an activating group) is 1. The van der Waals surface area contributed by atoms with Crippen molar-refractivity contribution < 1.29 is 24.3 Å². The SMILES string of the molecule is CNC1=C(O)C2=C(C(=O)C1=O)C1C3=C(C(=O)C=CC3=O)C2c2ccccc21. The summed E-state index contributed by atoms with van der Waals surface area (Å²) in [7, 11) is 1.44. The molecule has 0 saturated carbocycles. The molecule has 0 saturated heterocycles. The van der Waals surface area contributed by atoms with Gasteiger partial charge in [0.05, 0.1) is 0 Å². The number of nitrogens with one attached hydrogen (secondary N) is 1. The van der Waals surface area contributed by atoms with Gasteiger partial charge < -0.3 is 10.4 Å². The van der Waals surface area contributed by atoms with Crippen molar-refractivity contribution in [1.82, 2.24) is 5.32 Å². The van der Waals surface area contributed by atoms with E-state index in [0.29, 0.717) is 0 Å². The van der Waals surface area contributed by atoms with Crippen molar-refractivity contribution in [3.63, 3.8) is 0 Å². The van der Waals surface area contributed by atoms with Gasteiger partial charge in [-0.1, -0.05) is 24.3 Å². The Morgan fingerprint density at radius 3 is 1.81 bits per heavy atom. The number of aliphatic hydroxyl groups excluding tert-OH is 1. The summed E-state index contributed by atoms with van der Waals surface area (Å²) in [5.74, 6) is -4.16. The molecule has 5 aliphatic carbocycles. The molecular weight excluding hydrogens is 346 g/mol. The molecule has 1 aromatic rings. The summed E-state index contributed by atoms with van der Waals surface area (Å²) in [6.07, 6.45) is 2.43. The Morgan fingerprint density at radius 2 is 1.30 bits per heavy atom. The highest BCUT2D eigenvalue weighted by molar-refractivity contribution is 6.51. The van der Waals surface area contributed by atoms with E-state index in [-0.39, 0.29) is 45.3 Å². The van der Waals surface area contributed by atoms with Crippen molar-refractivity contribution in [2.75, 3.05) is 7.05 Å². The number of hydrogen-bond acceptors (Lipinski definition) is 6. The zero-order valence-electron chi connectivity index (χ0n) is 14.2. The number of hydrogen-bond donors (Lipinski definition) is 2. The molecule has 2 unspecified atom stereocenters. The molecule has 5 aliphatic rings. The minimum atomic E-state index is -0.842. The molecule has 6 rings (SSSR count). The molecule has 0 spiro atoms. The number of allylic oxidation sites excluding steroid dienone is 7. The number of Topliss-reactive ketones (excluding diaryl/α,β-unsaturated/α-hetero) is 2. The molecule has 132 valence electrons. The van der Waals surface area contributed by atoms with E-state index in [4.69, 9.17) is 0 Å². The van der Waals surface area contributed by atoms with E-state index in [1.807, 2.05) is 6.07 Å². The Balaban J connectivity index is 1.90. The van der Waals surface area contributed by atoms with Crippen LogP contribution in [0.5, 0.6) is 0 Å². The van der Waals surface area contributed by atoms with Crippen molar-refractivity contribution >= 4 is 23.1 Å². The van der Waals surface area contributed by atoms with Crippen LogP contribution in [0.25, 0.3) is 0 Å². The van der Waals surface area contributed by atoms with E-state index in [1.54, 1.807) is 18.2 Å². The Hall–Kier alpha value is -3.54. The number of ketones is 4. The van der Waals surface area contributed by atoms with Crippen LogP contribution in [0.2, 0.25) is 0 Å². The first-order chi connectivity index (χ1) is 13.0. The van der Waals surface area contributed by atoms with E-state index in [1.165, 1.54) is 19.2 Å². The largest absolute Gasteiger partial charge is 0.505 e. The molecule has 0 fully saturated rings. The molecule has 6 nitrogen and oxygen atoms in total. The first kappa shape index (κ1) is 15.7.